The standard InChI is InChI=1S/C7H10S/c1-3-5-7(4-2)6-8/h3,5-6H,1,4H2,2H3/b7-5+. The predicted molar refractivity (Wildman–Crippen MR) is 42.2 cm³/mol. The Hall–Kier alpha value is -0.430. The van der Waals surface area contributed by atoms with E-state index in [1.165, 1.54) is 0 Å². The first-order valence-corrected chi connectivity index (χ1v) is 3.09. The molecule has 0 amide bonds. The highest BCUT2D eigenvalue weighted by Crippen LogP contribution is 1.95. The first kappa shape index (κ1) is 7.57. The second kappa shape index (κ2) is 4.72. The van der Waals surface area contributed by atoms with Gasteiger partial charge in [-0.3, -0.25) is 0 Å². The molecule has 0 aliphatic carbocycles. The van der Waals surface area contributed by atoms with Crippen molar-refractivity contribution in [2.75, 3.05) is 0 Å². The summed E-state index contributed by atoms with van der Waals surface area (Å²) in [7, 11) is 0. The Morgan fingerprint density at radius 1 is 1.75 bits per heavy atom. The maximum atomic E-state index is 4.70. The fraction of sp³-hybridized carbons (Fsp3) is 0.286. The summed E-state index contributed by atoms with van der Waals surface area (Å²) < 4.78 is 0. The predicted octanol–water partition coefficient (Wildman–Crippen LogP) is 2.51. The van der Waals surface area contributed by atoms with Crippen molar-refractivity contribution in [3.63, 3.8) is 0 Å². The Morgan fingerprint density at radius 3 is 2.50 bits per heavy atom. The van der Waals surface area contributed by atoms with Gasteiger partial charge in [-0.05, 0) is 12.0 Å². The van der Waals surface area contributed by atoms with Gasteiger partial charge in [0, 0.05) is 5.37 Å². The van der Waals surface area contributed by atoms with Crippen LogP contribution >= 0.6 is 12.2 Å². The van der Waals surface area contributed by atoms with E-state index in [4.69, 9.17) is 12.2 Å². The summed E-state index contributed by atoms with van der Waals surface area (Å²) >= 11 is 4.70. The minimum absolute atomic E-state index is 0.996. The van der Waals surface area contributed by atoms with Crippen LogP contribution in [0.2, 0.25) is 0 Å². The Morgan fingerprint density at radius 2 is 2.38 bits per heavy atom. The molecule has 0 spiro atoms. The number of allylic oxidation sites excluding steroid dienone is 3. The lowest BCUT2D eigenvalue weighted by Crippen LogP contribution is -1.75. The molecule has 0 saturated carbocycles. The average Bonchev–Trinajstić information content (AvgIpc) is 1.83. The van der Waals surface area contributed by atoms with E-state index in [0.717, 1.165) is 12.0 Å². The Bertz CT molecular complexity index is 112. The van der Waals surface area contributed by atoms with E-state index in [9.17, 15) is 0 Å². The molecule has 0 aliphatic rings. The van der Waals surface area contributed by atoms with Gasteiger partial charge in [0.2, 0.25) is 0 Å². The van der Waals surface area contributed by atoms with Crippen molar-refractivity contribution in [1.82, 2.24) is 0 Å². The molecular formula is C7H10S. The van der Waals surface area contributed by atoms with Crippen LogP contribution in [-0.2, 0) is 0 Å². The SMILES string of the molecule is C=C/C=C(/C=S)CC. The Labute approximate surface area is 55.9 Å². The summed E-state index contributed by atoms with van der Waals surface area (Å²) in [5, 5.41) is 1.68. The zero-order valence-corrected chi connectivity index (χ0v) is 5.87. The van der Waals surface area contributed by atoms with Gasteiger partial charge in [0.05, 0.1) is 0 Å². The van der Waals surface area contributed by atoms with E-state index in [-0.39, 0.29) is 0 Å². The summed E-state index contributed by atoms with van der Waals surface area (Å²) in [6, 6.07) is 0. The molecule has 0 rings (SSSR count). The van der Waals surface area contributed by atoms with Crippen LogP contribution in [0.1, 0.15) is 13.3 Å². The van der Waals surface area contributed by atoms with Crippen LogP contribution in [0, 0.1) is 0 Å². The third-order valence-electron chi connectivity index (χ3n) is 0.892. The Balaban J connectivity index is 3.84. The van der Waals surface area contributed by atoms with Gasteiger partial charge in [-0.25, -0.2) is 0 Å². The van der Waals surface area contributed by atoms with Crippen molar-refractivity contribution in [1.29, 1.82) is 0 Å². The summed E-state index contributed by atoms with van der Waals surface area (Å²) in [5.41, 5.74) is 1.16. The second-order valence-corrected chi connectivity index (χ2v) is 1.68. The molecule has 8 heavy (non-hydrogen) atoms. The van der Waals surface area contributed by atoms with Crippen LogP contribution in [0.25, 0.3) is 0 Å². The molecule has 0 heterocycles. The molecule has 0 saturated heterocycles. The highest BCUT2D eigenvalue weighted by atomic mass is 32.1. The fourth-order valence-electron chi connectivity index (χ4n) is 0.392. The van der Waals surface area contributed by atoms with E-state index in [1.54, 1.807) is 11.4 Å². The normalized spacial score (nSPS) is 10.9. The molecule has 0 atom stereocenters. The summed E-state index contributed by atoms with van der Waals surface area (Å²) in [4.78, 5) is 0. The van der Waals surface area contributed by atoms with E-state index < -0.39 is 0 Å². The van der Waals surface area contributed by atoms with Crippen LogP contribution in [0.15, 0.2) is 24.3 Å². The van der Waals surface area contributed by atoms with Crippen molar-refractivity contribution in [3.8, 4) is 0 Å². The number of rotatable bonds is 3. The molecule has 0 nitrogen and oxygen atoms in total. The largest absolute Gasteiger partial charge is 0.0991 e. The molecule has 0 N–H and O–H groups in total. The topological polar surface area (TPSA) is 0 Å². The molecule has 0 fully saturated rings. The third-order valence-corrected chi connectivity index (χ3v) is 1.19. The molecule has 1 heteroatoms. The smallest absolute Gasteiger partial charge is 0.00455 e. The van der Waals surface area contributed by atoms with Gasteiger partial charge < -0.3 is 0 Å². The average molecular weight is 126 g/mol. The molecule has 0 aromatic carbocycles. The van der Waals surface area contributed by atoms with E-state index in [1.807, 2.05) is 6.08 Å². The molecular weight excluding hydrogens is 116 g/mol. The fourth-order valence-corrected chi connectivity index (χ4v) is 0.637. The van der Waals surface area contributed by atoms with Crippen molar-refractivity contribution >= 4 is 17.6 Å². The van der Waals surface area contributed by atoms with Crippen LogP contribution in [0.3, 0.4) is 0 Å². The van der Waals surface area contributed by atoms with Gasteiger partial charge in [-0.15, -0.1) is 0 Å². The quantitative estimate of drug-likeness (QED) is 0.318. The lowest BCUT2D eigenvalue weighted by Gasteiger charge is -1.87. The lowest BCUT2D eigenvalue weighted by atomic mass is 10.2. The second-order valence-electron chi connectivity index (χ2n) is 1.45. The molecule has 0 aromatic heterocycles. The van der Waals surface area contributed by atoms with Crippen LogP contribution in [-0.4, -0.2) is 5.37 Å². The van der Waals surface area contributed by atoms with Crippen molar-refractivity contribution in [2.24, 2.45) is 0 Å². The van der Waals surface area contributed by atoms with Crippen LogP contribution in [0.4, 0.5) is 0 Å². The third kappa shape index (κ3) is 2.69. The summed E-state index contributed by atoms with van der Waals surface area (Å²) in [5.74, 6) is 0. The minimum Gasteiger partial charge on any atom is -0.0991 e. The molecule has 0 aliphatic heterocycles. The zero-order valence-electron chi connectivity index (χ0n) is 5.05. The number of thiocarbonyl (C=S) groups is 1. The van der Waals surface area contributed by atoms with Gasteiger partial charge in [0.15, 0.2) is 0 Å². The zero-order chi connectivity index (χ0) is 6.41. The van der Waals surface area contributed by atoms with Crippen molar-refractivity contribution < 1.29 is 0 Å². The van der Waals surface area contributed by atoms with E-state index in [0.29, 0.717) is 0 Å². The lowest BCUT2D eigenvalue weighted by molar-refractivity contribution is 1.19. The van der Waals surface area contributed by atoms with Crippen molar-refractivity contribution in [2.45, 2.75) is 13.3 Å². The van der Waals surface area contributed by atoms with Gasteiger partial charge >= 0.3 is 0 Å². The van der Waals surface area contributed by atoms with Crippen LogP contribution in [0.5, 0.6) is 0 Å². The van der Waals surface area contributed by atoms with Gasteiger partial charge in [0.25, 0.3) is 0 Å². The summed E-state index contributed by atoms with van der Waals surface area (Å²) in [6.07, 6.45) is 4.67. The highest BCUT2D eigenvalue weighted by Gasteiger charge is 1.80. The maximum absolute atomic E-state index is 4.70. The van der Waals surface area contributed by atoms with Crippen LogP contribution < -0.4 is 0 Å². The number of hydrogen-bond acceptors (Lipinski definition) is 1. The summed E-state index contributed by atoms with van der Waals surface area (Å²) in [6.45, 7) is 5.62. The monoisotopic (exact) mass is 126 g/mol. The molecule has 0 aromatic rings. The Kier molecular flexibility index (Phi) is 4.47. The molecule has 0 bridgehead atoms. The molecule has 0 radical (unpaired) electrons. The van der Waals surface area contributed by atoms with Gasteiger partial charge in [-0.1, -0.05) is 37.9 Å². The molecule has 0 unspecified atom stereocenters. The van der Waals surface area contributed by atoms with Crippen molar-refractivity contribution in [3.05, 3.63) is 24.3 Å². The minimum atomic E-state index is 0.996. The maximum Gasteiger partial charge on any atom is 0.00455 e. The van der Waals surface area contributed by atoms with E-state index >= 15 is 0 Å². The first-order valence-electron chi connectivity index (χ1n) is 2.62. The van der Waals surface area contributed by atoms with E-state index in [2.05, 4.69) is 13.5 Å². The highest BCUT2D eigenvalue weighted by molar-refractivity contribution is 7.79. The van der Waals surface area contributed by atoms with Gasteiger partial charge in [0.1, 0.15) is 0 Å². The number of hydrogen-bond donors (Lipinski definition) is 0. The van der Waals surface area contributed by atoms with Gasteiger partial charge in [-0.2, -0.15) is 0 Å². The first-order chi connectivity index (χ1) is 3.85. The molecule has 44 valence electrons.